The largest absolute Gasteiger partial charge is 0.369 e. The first-order valence-electron chi connectivity index (χ1n) is 12.9. The van der Waals surface area contributed by atoms with E-state index in [0.29, 0.717) is 12.0 Å². The standard InChI is InChI=1S/C26H42N6O/c1-27-25(33)19-29-8-6-26(7-9-29)20-31(21-26)18-23-16-30(17-23)15-22-4-3-5-24(14-22)32-12-10-28(2)11-13-32/h3-5,14,23H,6-13,15-21H2,1-2H3,(H,27,33). The van der Waals surface area contributed by atoms with Crippen molar-refractivity contribution in [1.82, 2.24) is 24.9 Å². The monoisotopic (exact) mass is 454 g/mol. The van der Waals surface area contributed by atoms with Gasteiger partial charge in [0.15, 0.2) is 0 Å². The molecule has 1 aromatic carbocycles. The van der Waals surface area contributed by atoms with Gasteiger partial charge in [0.05, 0.1) is 6.54 Å². The minimum Gasteiger partial charge on any atom is -0.369 e. The summed E-state index contributed by atoms with van der Waals surface area (Å²) >= 11 is 0. The van der Waals surface area contributed by atoms with E-state index in [-0.39, 0.29) is 5.91 Å². The second-order valence-corrected chi connectivity index (χ2v) is 11.1. The summed E-state index contributed by atoms with van der Waals surface area (Å²) < 4.78 is 0. The molecule has 0 atom stereocenters. The third-order valence-corrected chi connectivity index (χ3v) is 8.42. The normalized spacial score (nSPS) is 25.1. The Morgan fingerprint density at radius 3 is 2.42 bits per heavy atom. The van der Waals surface area contributed by atoms with Crippen LogP contribution in [-0.4, -0.2) is 118 Å². The zero-order valence-electron chi connectivity index (χ0n) is 20.6. The number of nitrogens with one attached hydrogen (secondary N) is 1. The molecule has 0 aliphatic carbocycles. The summed E-state index contributed by atoms with van der Waals surface area (Å²) in [6.07, 6.45) is 2.50. The zero-order chi connectivity index (χ0) is 22.8. The molecule has 0 aromatic heterocycles. The first-order chi connectivity index (χ1) is 16.0. The number of benzene rings is 1. The summed E-state index contributed by atoms with van der Waals surface area (Å²) in [5.41, 5.74) is 3.38. The van der Waals surface area contributed by atoms with Crippen LogP contribution in [0.25, 0.3) is 0 Å². The number of amides is 1. The predicted octanol–water partition coefficient (Wildman–Crippen LogP) is 1.01. The Hall–Kier alpha value is -1.67. The van der Waals surface area contributed by atoms with E-state index in [1.807, 2.05) is 0 Å². The van der Waals surface area contributed by atoms with Crippen LogP contribution in [0.15, 0.2) is 24.3 Å². The SMILES string of the molecule is CNC(=O)CN1CCC2(CC1)CN(CC1CN(Cc3cccc(N4CCN(C)CC4)c3)C1)C2. The van der Waals surface area contributed by atoms with Crippen molar-refractivity contribution in [1.29, 1.82) is 0 Å². The number of anilines is 1. The average Bonchev–Trinajstić information content (AvgIpc) is 2.78. The van der Waals surface area contributed by atoms with E-state index in [0.717, 1.165) is 51.7 Å². The number of piperazine rings is 1. The van der Waals surface area contributed by atoms with Gasteiger partial charge in [0.1, 0.15) is 0 Å². The quantitative estimate of drug-likeness (QED) is 0.664. The number of likely N-dealkylation sites (N-methyl/N-ethyl adjacent to an activating group) is 2. The molecule has 4 heterocycles. The Morgan fingerprint density at radius 1 is 1.00 bits per heavy atom. The van der Waals surface area contributed by atoms with Gasteiger partial charge in [-0.15, -0.1) is 0 Å². The Kier molecular flexibility index (Phi) is 6.93. The second-order valence-electron chi connectivity index (χ2n) is 11.1. The average molecular weight is 455 g/mol. The van der Waals surface area contributed by atoms with Crippen LogP contribution in [0, 0.1) is 11.3 Å². The van der Waals surface area contributed by atoms with Crippen LogP contribution in [0.1, 0.15) is 18.4 Å². The predicted molar refractivity (Wildman–Crippen MR) is 134 cm³/mol. The molecule has 0 bridgehead atoms. The molecule has 1 N–H and O–H groups in total. The Bertz CT molecular complexity index is 801. The van der Waals surface area contributed by atoms with Crippen molar-refractivity contribution in [3.63, 3.8) is 0 Å². The molecule has 7 heteroatoms. The van der Waals surface area contributed by atoms with Crippen LogP contribution in [-0.2, 0) is 11.3 Å². The molecule has 0 saturated carbocycles. The number of hydrogen-bond acceptors (Lipinski definition) is 6. The van der Waals surface area contributed by atoms with Gasteiger partial charge in [-0.2, -0.15) is 0 Å². The maximum Gasteiger partial charge on any atom is 0.233 e. The maximum absolute atomic E-state index is 11.6. The van der Waals surface area contributed by atoms with Crippen LogP contribution in [0.2, 0.25) is 0 Å². The molecule has 0 radical (unpaired) electrons. The van der Waals surface area contributed by atoms with Crippen LogP contribution in [0.3, 0.4) is 0 Å². The molecule has 1 aromatic rings. The molecule has 4 fully saturated rings. The van der Waals surface area contributed by atoms with Gasteiger partial charge in [-0.3, -0.25) is 14.6 Å². The van der Waals surface area contributed by atoms with Crippen molar-refractivity contribution >= 4 is 11.6 Å². The van der Waals surface area contributed by atoms with Crippen LogP contribution < -0.4 is 10.2 Å². The van der Waals surface area contributed by atoms with E-state index >= 15 is 0 Å². The minimum atomic E-state index is 0.141. The van der Waals surface area contributed by atoms with Gasteiger partial charge in [0, 0.05) is 78.2 Å². The lowest BCUT2D eigenvalue weighted by Crippen LogP contribution is -2.63. The number of carbonyl (C=O) groups excluding carboxylic acids is 1. The van der Waals surface area contributed by atoms with E-state index in [1.54, 1.807) is 7.05 Å². The molecule has 4 aliphatic rings. The Labute approximate surface area is 199 Å². The van der Waals surface area contributed by atoms with Crippen LogP contribution >= 0.6 is 0 Å². The van der Waals surface area contributed by atoms with E-state index in [1.165, 1.54) is 56.8 Å². The Morgan fingerprint density at radius 2 is 1.73 bits per heavy atom. The number of nitrogens with zero attached hydrogens (tertiary/aromatic N) is 5. The third-order valence-electron chi connectivity index (χ3n) is 8.42. The Balaban J connectivity index is 1.000. The lowest BCUT2D eigenvalue weighted by atomic mass is 9.71. The lowest BCUT2D eigenvalue weighted by Gasteiger charge is -2.56. The van der Waals surface area contributed by atoms with Crippen molar-refractivity contribution in [2.24, 2.45) is 11.3 Å². The first kappa shape index (κ1) is 23.1. The molecule has 0 unspecified atom stereocenters. The summed E-state index contributed by atoms with van der Waals surface area (Å²) in [5.74, 6) is 0.971. The molecule has 4 aliphatic heterocycles. The summed E-state index contributed by atoms with van der Waals surface area (Å²) in [4.78, 5) is 24.2. The molecule has 33 heavy (non-hydrogen) atoms. The number of rotatable bonds is 7. The van der Waals surface area contributed by atoms with Gasteiger partial charge in [-0.1, -0.05) is 12.1 Å². The molecule has 1 spiro atoms. The summed E-state index contributed by atoms with van der Waals surface area (Å²) in [6, 6.07) is 9.22. The lowest BCUT2D eigenvalue weighted by molar-refractivity contribution is -0.123. The van der Waals surface area contributed by atoms with Crippen molar-refractivity contribution in [2.45, 2.75) is 19.4 Å². The molecule has 182 valence electrons. The highest BCUT2D eigenvalue weighted by atomic mass is 16.1. The van der Waals surface area contributed by atoms with E-state index in [9.17, 15) is 4.79 Å². The molecular formula is C26H42N6O. The summed E-state index contributed by atoms with van der Waals surface area (Å²) in [5, 5.41) is 2.74. The summed E-state index contributed by atoms with van der Waals surface area (Å²) in [7, 11) is 3.94. The number of likely N-dealkylation sites (tertiary alicyclic amines) is 3. The molecular weight excluding hydrogens is 412 g/mol. The third kappa shape index (κ3) is 5.53. The van der Waals surface area contributed by atoms with Crippen molar-refractivity contribution in [2.75, 3.05) is 97.5 Å². The van der Waals surface area contributed by atoms with Crippen LogP contribution in [0.4, 0.5) is 5.69 Å². The van der Waals surface area contributed by atoms with Gasteiger partial charge in [-0.25, -0.2) is 0 Å². The molecule has 7 nitrogen and oxygen atoms in total. The highest BCUT2D eigenvalue weighted by Crippen LogP contribution is 2.41. The number of carbonyl (C=O) groups is 1. The van der Waals surface area contributed by atoms with Gasteiger partial charge >= 0.3 is 0 Å². The highest BCUT2D eigenvalue weighted by Gasteiger charge is 2.45. The summed E-state index contributed by atoms with van der Waals surface area (Å²) in [6.45, 7) is 14.7. The molecule has 1 amide bonds. The fourth-order valence-electron chi connectivity index (χ4n) is 6.28. The first-order valence-corrected chi connectivity index (χ1v) is 12.9. The van der Waals surface area contributed by atoms with Crippen LogP contribution in [0.5, 0.6) is 0 Å². The number of hydrogen-bond donors (Lipinski definition) is 1. The van der Waals surface area contributed by atoms with E-state index in [2.05, 4.69) is 61.1 Å². The molecule has 4 saturated heterocycles. The smallest absolute Gasteiger partial charge is 0.233 e. The number of piperidine rings is 1. The minimum absolute atomic E-state index is 0.141. The second kappa shape index (κ2) is 9.90. The van der Waals surface area contributed by atoms with E-state index in [4.69, 9.17) is 0 Å². The van der Waals surface area contributed by atoms with Gasteiger partial charge < -0.3 is 20.0 Å². The van der Waals surface area contributed by atoms with Gasteiger partial charge in [0.25, 0.3) is 0 Å². The van der Waals surface area contributed by atoms with Crippen molar-refractivity contribution in [3.05, 3.63) is 29.8 Å². The topological polar surface area (TPSA) is 45.3 Å². The fourth-order valence-corrected chi connectivity index (χ4v) is 6.28. The maximum atomic E-state index is 11.6. The fraction of sp³-hybridized carbons (Fsp3) is 0.731. The van der Waals surface area contributed by atoms with Crippen molar-refractivity contribution in [3.8, 4) is 0 Å². The zero-order valence-corrected chi connectivity index (χ0v) is 20.6. The van der Waals surface area contributed by atoms with E-state index < -0.39 is 0 Å². The highest BCUT2D eigenvalue weighted by molar-refractivity contribution is 5.77. The van der Waals surface area contributed by atoms with Gasteiger partial charge in [-0.05, 0) is 62.0 Å². The van der Waals surface area contributed by atoms with Gasteiger partial charge in [0.2, 0.25) is 5.91 Å². The van der Waals surface area contributed by atoms with Crippen molar-refractivity contribution < 1.29 is 4.79 Å². The molecule has 5 rings (SSSR count).